The Kier molecular flexibility index (Phi) is 4.27. The Bertz CT molecular complexity index is 510. The van der Waals surface area contributed by atoms with Crippen molar-refractivity contribution in [2.24, 2.45) is 9.98 Å². The summed E-state index contributed by atoms with van der Waals surface area (Å²) in [6.45, 7) is 6.05. The van der Waals surface area contributed by atoms with E-state index in [0.29, 0.717) is 17.0 Å². The number of benzene rings is 1. The van der Waals surface area contributed by atoms with Crippen LogP contribution >= 0.6 is 11.6 Å². The van der Waals surface area contributed by atoms with E-state index in [-0.39, 0.29) is 6.17 Å². The monoisotopic (exact) mass is 279 g/mol. The third-order valence-electron chi connectivity index (χ3n) is 2.38. The minimum absolute atomic E-state index is 0.121. The van der Waals surface area contributed by atoms with Gasteiger partial charge in [-0.15, -0.1) is 0 Å². The Labute approximate surface area is 118 Å². The molecule has 0 bridgehead atoms. The fourth-order valence-corrected chi connectivity index (χ4v) is 1.88. The van der Waals surface area contributed by atoms with Gasteiger partial charge in [-0.2, -0.15) is 0 Å². The van der Waals surface area contributed by atoms with Crippen molar-refractivity contribution in [3.63, 3.8) is 0 Å². The molecular formula is C13H18ClN5. The van der Waals surface area contributed by atoms with Gasteiger partial charge in [0.2, 0.25) is 5.96 Å². The number of anilines is 1. The van der Waals surface area contributed by atoms with E-state index in [1.807, 2.05) is 31.2 Å². The van der Waals surface area contributed by atoms with Gasteiger partial charge in [-0.1, -0.05) is 17.7 Å². The van der Waals surface area contributed by atoms with Crippen LogP contribution in [0.2, 0.25) is 5.02 Å². The van der Waals surface area contributed by atoms with Crippen LogP contribution in [0.1, 0.15) is 20.8 Å². The van der Waals surface area contributed by atoms with E-state index in [4.69, 9.17) is 11.6 Å². The van der Waals surface area contributed by atoms with E-state index in [2.05, 4.69) is 39.8 Å². The lowest BCUT2D eigenvalue weighted by molar-refractivity contribution is 0.687. The number of halogens is 1. The Morgan fingerprint density at radius 2 is 2.00 bits per heavy atom. The van der Waals surface area contributed by atoms with Crippen LogP contribution in [-0.4, -0.2) is 24.1 Å². The standard InChI is InChI=1S/C13H18ClN5/c1-8(2)15-12-16-9(3)17-13(19-12)18-11-6-4-5-10(14)7-11/h4-9H,1-3H3,(H3,15,16,17,18,19). The first-order chi connectivity index (χ1) is 9.02. The van der Waals surface area contributed by atoms with Gasteiger partial charge in [0.05, 0.1) is 0 Å². The lowest BCUT2D eigenvalue weighted by atomic mass is 10.3. The average molecular weight is 280 g/mol. The van der Waals surface area contributed by atoms with Gasteiger partial charge in [-0.05, 0) is 39.0 Å². The number of nitrogens with one attached hydrogen (secondary N) is 3. The Morgan fingerprint density at radius 1 is 1.26 bits per heavy atom. The molecule has 0 radical (unpaired) electrons. The lowest BCUT2D eigenvalue weighted by Gasteiger charge is -2.22. The quantitative estimate of drug-likeness (QED) is 0.779. The predicted molar refractivity (Wildman–Crippen MR) is 80.8 cm³/mol. The summed E-state index contributed by atoms with van der Waals surface area (Å²) in [6, 6.07) is 7.81. The second-order valence-corrected chi connectivity index (χ2v) is 5.08. The third-order valence-corrected chi connectivity index (χ3v) is 2.62. The van der Waals surface area contributed by atoms with Gasteiger partial charge >= 0.3 is 0 Å². The molecule has 1 aromatic rings. The summed E-state index contributed by atoms with van der Waals surface area (Å²) in [5.74, 6) is 1.38. The number of aliphatic imine (C=N–C) groups is 2. The van der Waals surface area contributed by atoms with Crippen LogP contribution in [0.5, 0.6) is 0 Å². The number of guanidine groups is 2. The van der Waals surface area contributed by atoms with Crippen molar-refractivity contribution in [3.8, 4) is 0 Å². The predicted octanol–water partition coefficient (Wildman–Crippen LogP) is 2.41. The van der Waals surface area contributed by atoms with E-state index in [1.165, 1.54) is 0 Å². The molecule has 2 rings (SSSR count). The Morgan fingerprint density at radius 3 is 2.68 bits per heavy atom. The molecule has 0 amide bonds. The molecule has 1 aromatic carbocycles. The first-order valence-electron chi connectivity index (χ1n) is 6.24. The molecular weight excluding hydrogens is 262 g/mol. The largest absolute Gasteiger partial charge is 0.354 e. The minimum Gasteiger partial charge on any atom is -0.354 e. The third kappa shape index (κ3) is 4.13. The molecule has 0 aliphatic carbocycles. The van der Waals surface area contributed by atoms with Crippen molar-refractivity contribution < 1.29 is 0 Å². The molecule has 1 unspecified atom stereocenters. The highest BCUT2D eigenvalue weighted by Crippen LogP contribution is 2.15. The van der Waals surface area contributed by atoms with Crippen molar-refractivity contribution in [2.75, 3.05) is 5.32 Å². The maximum atomic E-state index is 5.95. The van der Waals surface area contributed by atoms with E-state index in [9.17, 15) is 0 Å². The first kappa shape index (κ1) is 13.7. The number of hydrogen-bond acceptors (Lipinski definition) is 5. The topological polar surface area (TPSA) is 60.8 Å². The molecule has 1 heterocycles. The second-order valence-electron chi connectivity index (χ2n) is 4.65. The maximum absolute atomic E-state index is 5.95. The maximum Gasteiger partial charge on any atom is 0.204 e. The van der Waals surface area contributed by atoms with Crippen LogP contribution < -0.4 is 16.0 Å². The van der Waals surface area contributed by atoms with Crippen LogP contribution in [0.15, 0.2) is 34.3 Å². The van der Waals surface area contributed by atoms with Crippen molar-refractivity contribution >= 4 is 29.2 Å². The van der Waals surface area contributed by atoms with Crippen LogP contribution in [0.3, 0.4) is 0 Å². The second kappa shape index (κ2) is 5.93. The zero-order valence-corrected chi connectivity index (χ0v) is 12.0. The summed E-state index contributed by atoms with van der Waals surface area (Å²) in [5.41, 5.74) is 0.886. The van der Waals surface area contributed by atoms with Gasteiger partial charge in [0.1, 0.15) is 6.17 Å². The SMILES string of the molecule is CC1N=C(Nc2cccc(Cl)c2)NC(NC(C)C)=N1. The zero-order chi connectivity index (χ0) is 13.8. The highest BCUT2D eigenvalue weighted by atomic mass is 35.5. The molecule has 5 nitrogen and oxygen atoms in total. The van der Waals surface area contributed by atoms with Crippen molar-refractivity contribution in [1.82, 2.24) is 10.6 Å². The van der Waals surface area contributed by atoms with Gasteiger partial charge in [0.25, 0.3) is 0 Å². The normalized spacial score (nSPS) is 18.5. The molecule has 1 aliphatic rings. The summed E-state index contributed by atoms with van der Waals surface area (Å²) in [4.78, 5) is 8.76. The number of rotatable bonds is 2. The van der Waals surface area contributed by atoms with E-state index in [1.54, 1.807) is 0 Å². The van der Waals surface area contributed by atoms with Gasteiger partial charge in [0, 0.05) is 16.8 Å². The molecule has 0 aromatic heterocycles. The molecule has 0 saturated carbocycles. The van der Waals surface area contributed by atoms with Crippen LogP contribution in [-0.2, 0) is 0 Å². The molecule has 0 fully saturated rings. The molecule has 0 saturated heterocycles. The van der Waals surface area contributed by atoms with Gasteiger partial charge in [-0.3, -0.25) is 5.32 Å². The lowest BCUT2D eigenvalue weighted by Crippen LogP contribution is -2.49. The fourth-order valence-electron chi connectivity index (χ4n) is 1.69. The Balaban J connectivity index is 2.05. The first-order valence-corrected chi connectivity index (χ1v) is 6.62. The summed E-state index contributed by atoms with van der Waals surface area (Å²) in [7, 11) is 0. The minimum atomic E-state index is -0.121. The van der Waals surface area contributed by atoms with Gasteiger partial charge < -0.3 is 10.6 Å². The number of nitrogens with zero attached hydrogens (tertiary/aromatic N) is 2. The Hall–Kier alpha value is -1.75. The summed E-state index contributed by atoms with van der Waals surface area (Å²) < 4.78 is 0. The summed E-state index contributed by atoms with van der Waals surface area (Å²) >= 11 is 5.95. The average Bonchev–Trinajstić information content (AvgIpc) is 2.26. The number of hydrogen-bond donors (Lipinski definition) is 3. The van der Waals surface area contributed by atoms with E-state index < -0.39 is 0 Å². The summed E-state index contributed by atoms with van der Waals surface area (Å²) in [5, 5.41) is 10.2. The fraction of sp³-hybridized carbons (Fsp3) is 0.385. The van der Waals surface area contributed by atoms with E-state index >= 15 is 0 Å². The smallest absolute Gasteiger partial charge is 0.204 e. The molecule has 1 atom stereocenters. The van der Waals surface area contributed by atoms with Crippen LogP contribution in [0, 0.1) is 0 Å². The highest BCUT2D eigenvalue weighted by molar-refractivity contribution is 6.30. The zero-order valence-electron chi connectivity index (χ0n) is 11.2. The van der Waals surface area contributed by atoms with Crippen LogP contribution in [0.25, 0.3) is 0 Å². The molecule has 19 heavy (non-hydrogen) atoms. The van der Waals surface area contributed by atoms with Gasteiger partial charge in [0.15, 0.2) is 5.96 Å². The summed E-state index contributed by atoms with van der Waals surface area (Å²) in [6.07, 6.45) is -0.121. The van der Waals surface area contributed by atoms with Crippen molar-refractivity contribution in [3.05, 3.63) is 29.3 Å². The molecule has 0 spiro atoms. The van der Waals surface area contributed by atoms with E-state index in [0.717, 1.165) is 11.6 Å². The molecule has 6 heteroatoms. The van der Waals surface area contributed by atoms with Gasteiger partial charge in [-0.25, -0.2) is 9.98 Å². The molecule has 3 N–H and O–H groups in total. The van der Waals surface area contributed by atoms with Crippen molar-refractivity contribution in [2.45, 2.75) is 33.0 Å². The molecule has 1 aliphatic heterocycles. The molecule has 102 valence electrons. The van der Waals surface area contributed by atoms with Crippen LogP contribution in [0.4, 0.5) is 5.69 Å². The highest BCUT2D eigenvalue weighted by Gasteiger charge is 2.13. The van der Waals surface area contributed by atoms with Crippen molar-refractivity contribution in [1.29, 1.82) is 0 Å².